The van der Waals surface area contributed by atoms with Gasteiger partial charge in [0.05, 0.1) is 12.3 Å². The van der Waals surface area contributed by atoms with Gasteiger partial charge in [0, 0.05) is 11.3 Å². The van der Waals surface area contributed by atoms with Crippen LogP contribution in [0, 0.1) is 0 Å². The lowest BCUT2D eigenvalue weighted by molar-refractivity contribution is -0.118. The standard InChI is InChI=1S/C14H22N2O2S/c1-14(2,15)11-19-10-13(17)16-8-9-18-12-6-4-3-5-7-12/h3-7H,8-11,15H2,1-2H3,(H,16,17). The molecule has 0 fully saturated rings. The van der Waals surface area contributed by atoms with Gasteiger partial charge in [0.25, 0.3) is 0 Å². The molecular formula is C14H22N2O2S. The maximum absolute atomic E-state index is 11.5. The number of carbonyl (C=O) groups is 1. The normalized spacial score (nSPS) is 11.1. The van der Waals surface area contributed by atoms with E-state index in [0.29, 0.717) is 18.9 Å². The van der Waals surface area contributed by atoms with Gasteiger partial charge in [-0.25, -0.2) is 0 Å². The number of nitrogens with one attached hydrogen (secondary N) is 1. The van der Waals surface area contributed by atoms with E-state index in [0.717, 1.165) is 11.5 Å². The first kappa shape index (κ1) is 15.9. The number of carbonyl (C=O) groups excluding carboxylic acids is 1. The number of amides is 1. The minimum absolute atomic E-state index is 0.0194. The molecule has 0 saturated carbocycles. The fraction of sp³-hybridized carbons (Fsp3) is 0.500. The highest BCUT2D eigenvalue weighted by molar-refractivity contribution is 8.00. The third-order valence-corrected chi connectivity index (χ3v) is 3.56. The Morgan fingerprint density at radius 2 is 2.05 bits per heavy atom. The van der Waals surface area contributed by atoms with Crippen molar-refractivity contribution in [1.82, 2.24) is 5.32 Å². The molecule has 0 aliphatic rings. The number of ether oxygens (including phenoxy) is 1. The summed E-state index contributed by atoms with van der Waals surface area (Å²) in [5.74, 6) is 2.04. The minimum Gasteiger partial charge on any atom is -0.492 e. The predicted octanol–water partition coefficient (Wildman–Crippen LogP) is 1.65. The second-order valence-electron chi connectivity index (χ2n) is 4.99. The largest absolute Gasteiger partial charge is 0.492 e. The molecule has 4 nitrogen and oxygen atoms in total. The third kappa shape index (κ3) is 8.51. The van der Waals surface area contributed by atoms with Crippen LogP contribution >= 0.6 is 11.8 Å². The van der Waals surface area contributed by atoms with Crippen LogP contribution in [0.5, 0.6) is 5.75 Å². The van der Waals surface area contributed by atoms with E-state index in [2.05, 4.69) is 5.32 Å². The van der Waals surface area contributed by atoms with Crippen LogP contribution in [0.15, 0.2) is 30.3 Å². The van der Waals surface area contributed by atoms with E-state index in [9.17, 15) is 4.79 Å². The molecule has 1 rings (SSSR count). The highest BCUT2D eigenvalue weighted by atomic mass is 32.2. The lowest BCUT2D eigenvalue weighted by Gasteiger charge is -2.17. The van der Waals surface area contributed by atoms with Gasteiger partial charge in [-0.2, -0.15) is 11.8 Å². The number of thioether (sulfide) groups is 1. The summed E-state index contributed by atoms with van der Waals surface area (Å²) in [4.78, 5) is 11.5. The molecule has 1 amide bonds. The number of hydrogen-bond acceptors (Lipinski definition) is 4. The van der Waals surface area contributed by atoms with Crippen molar-refractivity contribution in [2.75, 3.05) is 24.7 Å². The molecule has 1 aromatic carbocycles. The van der Waals surface area contributed by atoms with E-state index in [1.807, 2.05) is 44.2 Å². The molecule has 0 atom stereocenters. The fourth-order valence-corrected chi connectivity index (χ4v) is 2.25. The van der Waals surface area contributed by atoms with Gasteiger partial charge in [0.15, 0.2) is 0 Å². The zero-order valence-electron chi connectivity index (χ0n) is 11.5. The van der Waals surface area contributed by atoms with Gasteiger partial charge in [-0.3, -0.25) is 4.79 Å². The molecule has 0 bridgehead atoms. The van der Waals surface area contributed by atoms with Crippen molar-refractivity contribution in [3.05, 3.63) is 30.3 Å². The van der Waals surface area contributed by atoms with Gasteiger partial charge in [0.1, 0.15) is 12.4 Å². The third-order valence-electron chi connectivity index (χ3n) is 2.14. The van der Waals surface area contributed by atoms with Crippen molar-refractivity contribution in [2.24, 2.45) is 5.73 Å². The van der Waals surface area contributed by atoms with Crippen LogP contribution in [-0.2, 0) is 4.79 Å². The van der Waals surface area contributed by atoms with Gasteiger partial charge in [-0.1, -0.05) is 18.2 Å². The Morgan fingerprint density at radius 3 is 2.68 bits per heavy atom. The Hall–Kier alpha value is -1.20. The highest BCUT2D eigenvalue weighted by Gasteiger charge is 2.11. The summed E-state index contributed by atoms with van der Waals surface area (Å²) < 4.78 is 5.47. The van der Waals surface area contributed by atoms with E-state index >= 15 is 0 Å². The summed E-state index contributed by atoms with van der Waals surface area (Å²) in [5, 5.41) is 2.81. The Labute approximate surface area is 119 Å². The van der Waals surface area contributed by atoms with Gasteiger partial charge in [-0.15, -0.1) is 0 Å². The molecular weight excluding hydrogens is 260 g/mol. The van der Waals surface area contributed by atoms with Crippen molar-refractivity contribution in [1.29, 1.82) is 0 Å². The second-order valence-corrected chi connectivity index (χ2v) is 5.98. The van der Waals surface area contributed by atoms with Crippen molar-refractivity contribution < 1.29 is 9.53 Å². The van der Waals surface area contributed by atoms with E-state index < -0.39 is 0 Å². The molecule has 0 saturated heterocycles. The van der Waals surface area contributed by atoms with Crippen LogP contribution in [-0.4, -0.2) is 36.1 Å². The van der Waals surface area contributed by atoms with Crippen molar-refractivity contribution >= 4 is 17.7 Å². The van der Waals surface area contributed by atoms with Crippen molar-refractivity contribution in [3.8, 4) is 5.75 Å². The zero-order chi connectivity index (χ0) is 14.1. The molecule has 0 aliphatic heterocycles. The molecule has 5 heteroatoms. The Balaban J connectivity index is 2.05. The molecule has 0 heterocycles. The molecule has 0 radical (unpaired) electrons. The molecule has 0 unspecified atom stereocenters. The van der Waals surface area contributed by atoms with E-state index in [-0.39, 0.29) is 11.4 Å². The molecule has 0 spiro atoms. The summed E-state index contributed by atoms with van der Waals surface area (Å²) in [6.07, 6.45) is 0. The first-order valence-corrected chi connectivity index (χ1v) is 7.44. The lowest BCUT2D eigenvalue weighted by atomic mass is 10.1. The number of nitrogens with two attached hydrogens (primary N) is 1. The topological polar surface area (TPSA) is 64.4 Å². The molecule has 0 aliphatic carbocycles. The fourth-order valence-electron chi connectivity index (χ4n) is 1.33. The Morgan fingerprint density at radius 1 is 1.37 bits per heavy atom. The lowest BCUT2D eigenvalue weighted by Crippen LogP contribution is -2.36. The van der Waals surface area contributed by atoms with E-state index in [1.165, 1.54) is 0 Å². The van der Waals surface area contributed by atoms with Gasteiger partial charge >= 0.3 is 0 Å². The zero-order valence-corrected chi connectivity index (χ0v) is 12.3. The Kier molecular flexibility index (Phi) is 6.73. The molecule has 106 valence electrons. The monoisotopic (exact) mass is 282 g/mol. The van der Waals surface area contributed by atoms with Crippen LogP contribution in [0.4, 0.5) is 0 Å². The van der Waals surface area contributed by atoms with Crippen molar-refractivity contribution in [2.45, 2.75) is 19.4 Å². The minimum atomic E-state index is -0.235. The maximum atomic E-state index is 11.5. The highest BCUT2D eigenvalue weighted by Crippen LogP contribution is 2.09. The van der Waals surface area contributed by atoms with Gasteiger partial charge in [0.2, 0.25) is 5.91 Å². The van der Waals surface area contributed by atoms with Gasteiger partial charge in [-0.05, 0) is 26.0 Å². The number of rotatable bonds is 8. The quantitative estimate of drug-likeness (QED) is 0.712. The number of benzene rings is 1. The summed E-state index contributed by atoms with van der Waals surface area (Å²) in [5.41, 5.74) is 5.60. The van der Waals surface area contributed by atoms with Crippen LogP contribution in [0.3, 0.4) is 0 Å². The molecule has 0 aromatic heterocycles. The summed E-state index contributed by atoms with van der Waals surface area (Å²) in [6.45, 7) is 4.89. The van der Waals surface area contributed by atoms with Crippen LogP contribution in [0.1, 0.15) is 13.8 Å². The second kappa shape index (κ2) is 8.07. The summed E-state index contributed by atoms with van der Waals surface area (Å²) >= 11 is 1.54. The summed E-state index contributed by atoms with van der Waals surface area (Å²) in [6, 6.07) is 9.55. The first-order chi connectivity index (χ1) is 8.97. The molecule has 19 heavy (non-hydrogen) atoms. The predicted molar refractivity (Wildman–Crippen MR) is 80.5 cm³/mol. The smallest absolute Gasteiger partial charge is 0.230 e. The maximum Gasteiger partial charge on any atom is 0.230 e. The number of hydrogen-bond donors (Lipinski definition) is 2. The van der Waals surface area contributed by atoms with Crippen LogP contribution < -0.4 is 15.8 Å². The SMILES string of the molecule is CC(C)(N)CSCC(=O)NCCOc1ccccc1. The van der Waals surface area contributed by atoms with Crippen LogP contribution in [0.25, 0.3) is 0 Å². The number of para-hydroxylation sites is 1. The summed E-state index contributed by atoms with van der Waals surface area (Å²) in [7, 11) is 0. The van der Waals surface area contributed by atoms with E-state index in [1.54, 1.807) is 11.8 Å². The molecule has 1 aromatic rings. The van der Waals surface area contributed by atoms with Crippen molar-refractivity contribution in [3.63, 3.8) is 0 Å². The van der Waals surface area contributed by atoms with E-state index in [4.69, 9.17) is 10.5 Å². The first-order valence-electron chi connectivity index (χ1n) is 6.28. The average Bonchev–Trinajstić information content (AvgIpc) is 2.34. The van der Waals surface area contributed by atoms with Crippen LogP contribution in [0.2, 0.25) is 0 Å². The molecule has 3 N–H and O–H groups in total. The average molecular weight is 282 g/mol. The van der Waals surface area contributed by atoms with Gasteiger partial charge < -0.3 is 15.8 Å². The Bertz CT molecular complexity index is 377.